The highest BCUT2D eigenvalue weighted by Gasteiger charge is 2.33. The third kappa shape index (κ3) is 3.36. The number of sulfone groups is 1. The van der Waals surface area contributed by atoms with Crippen LogP contribution in [0.5, 0.6) is 0 Å². The average Bonchev–Trinajstić information content (AvgIpc) is 3.10. The zero-order valence-corrected chi connectivity index (χ0v) is 16.8. The summed E-state index contributed by atoms with van der Waals surface area (Å²) in [5.41, 5.74) is 0.0736. The van der Waals surface area contributed by atoms with E-state index in [4.69, 9.17) is 0 Å². The molecule has 2 heterocycles. The number of hydrogen-bond donors (Lipinski definition) is 2. The smallest absolute Gasteiger partial charge is 0.338 e. The molecule has 0 spiro atoms. The first-order chi connectivity index (χ1) is 14.1. The number of hydrogen-bond acceptors (Lipinski definition) is 5. The zero-order chi connectivity index (χ0) is 21.7. The molecular weight excluding hydrogens is 417 g/mol. The average molecular weight is 434 g/mol. The minimum atomic E-state index is -4.52. The van der Waals surface area contributed by atoms with E-state index in [1.165, 1.54) is 30.5 Å². The summed E-state index contributed by atoms with van der Waals surface area (Å²) in [7, 11) is -3.51. The normalized spacial score (nSPS) is 12.7. The van der Waals surface area contributed by atoms with E-state index in [2.05, 4.69) is 20.5 Å². The monoisotopic (exact) mass is 434 g/mol. The van der Waals surface area contributed by atoms with Gasteiger partial charge in [-0.05, 0) is 50.2 Å². The second-order valence-electron chi connectivity index (χ2n) is 7.05. The fourth-order valence-electron chi connectivity index (χ4n) is 3.18. The highest BCUT2D eigenvalue weighted by Crippen LogP contribution is 2.37. The quantitative estimate of drug-likeness (QED) is 0.469. The number of H-pyrrole nitrogens is 1. The number of fused-ring (bicyclic) bond motifs is 2. The lowest BCUT2D eigenvalue weighted by molar-refractivity contribution is -0.136. The van der Waals surface area contributed by atoms with E-state index in [-0.39, 0.29) is 21.6 Å². The molecule has 0 aliphatic heterocycles. The van der Waals surface area contributed by atoms with Crippen molar-refractivity contribution in [3.63, 3.8) is 0 Å². The van der Waals surface area contributed by atoms with E-state index in [1.54, 1.807) is 26.0 Å². The number of benzene rings is 2. The summed E-state index contributed by atoms with van der Waals surface area (Å²) in [6, 6.07) is 10.0. The van der Waals surface area contributed by atoms with Crippen molar-refractivity contribution >= 4 is 43.1 Å². The molecule has 0 saturated heterocycles. The molecule has 2 aromatic heterocycles. The Kier molecular flexibility index (Phi) is 4.69. The van der Waals surface area contributed by atoms with Crippen LogP contribution < -0.4 is 5.32 Å². The van der Waals surface area contributed by atoms with Crippen molar-refractivity contribution in [2.24, 2.45) is 0 Å². The minimum absolute atomic E-state index is 0.131. The number of rotatable bonds is 4. The molecule has 0 amide bonds. The summed E-state index contributed by atoms with van der Waals surface area (Å²) >= 11 is 0. The molecule has 156 valence electrons. The van der Waals surface area contributed by atoms with Crippen LogP contribution in [0.4, 0.5) is 24.7 Å². The first-order valence-electron chi connectivity index (χ1n) is 9.03. The lowest BCUT2D eigenvalue weighted by Gasteiger charge is -2.12. The van der Waals surface area contributed by atoms with E-state index in [0.29, 0.717) is 16.6 Å². The van der Waals surface area contributed by atoms with Crippen LogP contribution in [0.1, 0.15) is 19.4 Å². The number of nitrogens with one attached hydrogen (secondary N) is 2. The maximum absolute atomic E-state index is 13.3. The number of aromatic nitrogens is 3. The first-order valence-corrected chi connectivity index (χ1v) is 10.6. The minimum Gasteiger partial charge on any atom is -0.338 e. The number of pyridine rings is 1. The van der Waals surface area contributed by atoms with Crippen molar-refractivity contribution in [1.82, 2.24) is 15.2 Å². The third-order valence-corrected chi connectivity index (χ3v) is 6.97. The van der Waals surface area contributed by atoms with Gasteiger partial charge in [-0.15, -0.1) is 0 Å². The molecule has 10 heteroatoms. The van der Waals surface area contributed by atoms with Crippen molar-refractivity contribution in [2.75, 3.05) is 5.32 Å². The number of alkyl halides is 3. The van der Waals surface area contributed by atoms with Gasteiger partial charge >= 0.3 is 6.18 Å². The molecule has 0 saturated carbocycles. The molecular formula is C20H17F3N4O2S. The fraction of sp³-hybridized carbons (Fsp3) is 0.200. The maximum atomic E-state index is 13.3. The van der Waals surface area contributed by atoms with E-state index >= 15 is 0 Å². The summed E-state index contributed by atoms with van der Waals surface area (Å²) in [5.74, 6) is 0.195. The van der Waals surface area contributed by atoms with Gasteiger partial charge in [-0.1, -0.05) is 6.07 Å². The predicted octanol–water partition coefficient (Wildman–Crippen LogP) is 5.06. The topological polar surface area (TPSA) is 87.7 Å². The van der Waals surface area contributed by atoms with Crippen LogP contribution in [0.15, 0.2) is 53.6 Å². The SMILES string of the molecule is CC(C)S(=O)(=O)c1ccc2nccc(Nc3n[nH]c4c(C(F)(F)F)cccc34)c2c1. The van der Waals surface area contributed by atoms with E-state index in [1.807, 2.05) is 0 Å². The van der Waals surface area contributed by atoms with E-state index in [9.17, 15) is 21.6 Å². The molecule has 0 fully saturated rings. The number of anilines is 2. The van der Waals surface area contributed by atoms with Crippen LogP contribution in [0.25, 0.3) is 21.8 Å². The molecule has 4 aromatic rings. The number of para-hydroxylation sites is 1. The zero-order valence-electron chi connectivity index (χ0n) is 15.9. The molecule has 0 aliphatic rings. The largest absolute Gasteiger partial charge is 0.418 e. The molecule has 0 atom stereocenters. The van der Waals surface area contributed by atoms with Crippen LogP contribution in [-0.4, -0.2) is 28.8 Å². The molecule has 0 bridgehead atoms. The second kappa shape index (κ2) is 6.98. The van der Waals surface area contributed by atoms with Crippen molar-refractivity contribution in [3.05, 3.63) is 54.2 Å². The van der Waals surface area contributed by atoms with Gasteiger partial charge in [0, 0.05) is 17.0 Å². The van der Waals surface area contributed by atoms with Gasteiger partial charge in [-0.25, -0.2) is 8.42 Å². The Labute approximate surface area is 170 Å². The van der Waals surface area contributed by atoms with Crippen molar-refractivity contribution < 1.29 is 21.6 Å². The van der Waals surface area contributed by atoms with Gasteiger partial charge in [0.2, 0.25) is 0 Å². The highest BCUT2D eigenvalue weighted by molar-refractivity contribution is 7.92. The van der Waals surface area contributed by atoms with Crippen molar-refractivity contribution in [2.45, 2.75) is 30.2 Å². The van der Waals surface area contributed by atoms with Crippen LogP contribution in [0, 0.1) is 0 Å². The Bertz CT molecular complexity index is 1360. The van der Waals surface area contributed by atoms with Gasteiger partial charge in [0.05, 0.1) is 32.4 Å². The van der Waals surface area contributed by atoms with Gasteiger partial charge in [-0.2, -0.15) is 18.3 Å². The van der Waals surface area contributed by atoms with E-state index < -0.39 is 26.8 Å². The Balaban J connectivity index is 1.83. The summed E-state index contributed by atoms with van der Waals surface area (Å²) in [6.07, 6.45) is -3.00. The lowest BCUT2D eigenvalue weighted by Crippen LogP contribution is -2.13. The van der Waals surface area contributed by atoms with E-state index in [0.717, 1.165) is 6.07 Å². The van der Waals surface area contributed by atoms with Crippen LogP contribution in [0.2, 0.25) is 0 Å². The van der Waals surface area contributed by atoms with Crippen LogP contribution >= 0.6 is 0 Å². The van der Waals surface area contributed by atoms with Gasteiger partial charge < -0.3 is 5.32 Å². The predicted molar refractivity (Wildman–Crippen MR) is 108 cm³/mol. The van der Waals surface area contributed by atoms with Crippen molar-refractivity contribution in [3.8, 4) is 0 Å². The molecule has 0 unspecified atom stereocenters. The van der Waals surface area contributed by atoms with Gasteiger partial charge in [0.1, 0.15) is 0 Å². The summed E-state index contributed by atoms with van der Waals surface area (Å²) in [6.45, 7) is 3.19. The number of halogens is 3. The number of aromatic amines is 1. The Hall–Kier alpha value is -3.14. The summed E-state index contributed by atoms with van der Waals surface area (Å²) in [5, 5.41) is 9.63. The molecule has 6 nitrogen and oxygen atoms in total. The maximum Gasteiger partial charge on any atom is 0.418 e. The lowest BCUT2D eigenvalue weighted by atomic mass is 10.1. The van der Waals surface area contributed by atoms with Crippen LogP contribution in [-0.2, 0) is 16.0 Å². The van der Waals surface area contributed by atoms with Crippen LogP contribution in [0.3, 0.4) is 0 Å². The van der Waals surface area contributed by atoms with Crippen molar-refractivity contribution in [1.29, 1.82) is 0 Å². The standard InChI is InChI=1S/C20H17F3N4O2S/c1-11(2)30(28,29)12-6-7-16-14(10-12)17(8-9-24-16)25-19-13-4-3-5-15(20(21,22)23)18(13)26-27-19/h3-11H,1-2H3,(H2,24,25,26,27). The molecule has 0 radical (unpaired) electrons. The summed E-state index contributed by atoms with van der Waals surface area (Å²) in [4.78, 5) is 4.38. The second-order valence-corrected chi connectivity index (χ2v) is 9.56. The molecule has 0 aliphatic carbocycles. The molecule has 2 N–H and O–H groups in total. The third-order valence-electron chi connectivity index (χ3n) is 4.82. The Morgan fingerprint density at radius 3 is 2.53 bits per heavy atom. The summed E-state index contributed by atoms with van der Waals surface area (Å²) < 4.78 is 64.8. The Morgan fingerprint density at radius 2 is 1.83 bits per heavy atom. The highest BCUT2D eigenvalue weighted by atomic mass is 32.2. The van der Waals surface area contributed by atoms with Gasteiger partial charge in [0.25, 0.3) is 0 Å². The first kappa shape index (κ1) is 20.1. The van der Waals surface area contributed by atoms with Gasteiger partial charge in [-0.3, -0.25) is 10.1 Å². The molecule has 30 heavy (non-hydrogen) atoms. The fourth-order valence-corrected chi connectivity index (χ4v) is 4.27. The molecule has 2 aromatic carbocycles. The molecule has 4 rings (SSSR count). The van der Waals surface area contributed by atoms with Gasteiger partial charge in [0.15, 0.2) is 15.7 Å². The number of nitrogens with zero attached hydrogens (tertiary/aromatic N) is 2. The Morgan fingerprint density at radius 1 is 1.07 bits per heavy atom.